The summed E-state index contributed by atoms with van der Waals surface area (Å²) < 4.78 is 29.5. The van der Waals surface area contributed by atoms with Gasteiger partial charge >= 0.3 is 5.97 Å². The summed E-state index contributed by atoms with van der Waals surface area (Å²) >= 11 is 0. The summed E-state index contributed by atoms with van der Waals surface area (Å²) in [5.41, 5.74) is 0. The van der Waals surface area contributed by atoms with Crippen molar-refractivity contribution in [3.63, 3.8) is 0 Å². The molecule has 1 saturated heterocycles. The van der Waals surface area contributed by atoms with Crippen molar-refractivity contribution < 1.29 is 23.1 Å². The van der Waals surface area contributed by atoms with Gasteiger partial charge in [-0.15, -0.1) is 0 Å². The van der Waals surface area contributed by atoms with Gasteiger partial charge in [-0.2, -0.15) is 0 Å². The molecule has 0 aromatic heterocycles. The highest BCUT2D eigenvalue weighted by Gasteiger charge is 2.30. The molecule has 0 radical (unpaired) electrons. The van der Waals surface area contributed by atoms with E-state index in [9.17, 15) is 13.2 Å². The van der Waals surface area contributed by atoms with Crippen LogP contribution in [0.2, 0.25) is 0 Å². The maximum absolute atomic E-state index is 11.7. The summed E-state index contributed by atoms with van der Waals surface area (Å²) in [5, 5.41) is 8.52. The second-order valence-corrected chi connectivity index (χ2v) is 5.94. The summed E-state index contributed by atoms with van der Waals surface area (Å²) in [5.74, 6) is -1.97. The van der Waals surface area contributed by atoms with E-state index in [1.807, 2.05) is 0 Å². The van der Waals surface area contributed by atoms with Crippen molar-refractivity contribution in [2.75, 3.05) is 32.6 Å². The number of piperidine rings is 1. The van der Waals surface area contributed by atoms with Crippen molar-refractivity contribution in [1.82, 2.24) is 4.31 Å². The normalized spacial score (nSPS) is 23.2. The molecule has 0 aromatic rings. The molecule has 0 spiro atoms. The van der Waals surface area contributed by atoms with Gasteiger partial charge in [0.15, 0.2) is 5.75 Å². The molecule has 1 fully saturated rings. The minimum Gasteiger partial charge on any atom is -0.480 e. The van der Waals surface area contributed by atoms with Gasteiger partial charge in [0.25, 0.3) is 0 Å². The minimum atomic E-state index is -3.66. The predicted octanol–water partition coefficient (Wildman–Crippen LogP) is -0.241. The summed E-state index contributed by atoms with van der Waals surface area (Å²) in [6, 6.07) is 0. The van der Waals surface area contributed by atoms with Gasteiger partial charge in [0.05, 0.1) is 6.61 Å². The number of ether oxygens (including phenoxy) is 1. The summed E-state index contributed by atoms with van der Waals surface area (Å²) in [4.78, 5) is 10.4. The van der Waals surface area contributed by atoms with Gasteiger partial charge in [-0.3, -0.25) is 4.79 Å². The van der Waals surface area contributed by atoms with Gasteiger partial charge in [-0.1, -0.05) is 0 Å². The van der Waals surface area contributed by atoms with E-state index in [0.717, 1.165) is 12.8 Å². The number of carboxylic acid groups (broad SMARTS) is 1. The Morgan fingerprint density at radius 3 is 2.81 bits per heavy atom. The summed E-state index contributed by atoms with van der Waals surface area (Å²) in [7, 11) is -2.08. The molecule has 0 aromatic carbocycles. The lowest BCUT2D eigenvalue weighted by atomic mass is 10.0. The fourth-order valence-corrected chi connectivity index (χ4v) is 3.24. The maximum Gasteiger partial charge on any atom is 0.320 e. The van der Waals surface area contributed by atoms with Crippen molar-refractivity contribution in [2.45, 2.75) is 12.8 Å². The number of nitrogens with zero attached hydrogens (tertiary/aromatic N) is 1. The van der Waals surface area contributed by atoms with E-state index in [4.69, 9.17) is 9.84 Å². The standard InChI is InChI=1S/C9H17NO5S/c1-15-6-8-3-2-4-10(5-8)16(13,14)7-9(11)12/h8H,2-7H2,1H3,(H,11,12). The fourth-order valence-electron chi connectivity index (χ4n) is 1.90. The highest BCUT2D eigenvalue weighted by Crippen LogP contribution is 2.19. The Balaban J connectivity index is 2.62. The quantitative estimate of drug-likeness (QED) is 0.729. The molecule has 1 aliphatic rings. The Morgan fingerprint density at radius 1 is 1.56 bits per heavy atom. The van der Waals surface area contributed by atoms with E-state index in [1.54, 1.807) is 7.11 Å². The minimum absolute atomic E-state index is 0.169. The molecule has 1 heterocycles. The van der Waals surface area contributed by atoms with E-state index in [-0.39, 0.29) is 5.92 Å². The number of carbonyl (C=O) groups is 1. The van der Waals surface area contributed by atoms with Crippen molar-refractivity contribution in [3.05, 3.63) is 0 Å². The molecule has 16 heavy (non-hydrogen) atoms. The van der Waals surface area contributed by atoms with Crippen molar-refractivity contribution >= 4 is 16.0 Å². The third-order valence-electron chi connectivity index (χ3n) is 2.58. The lowest BCUT2D eigenvalue weighted by Gasteiger charge is -2.31. The van der Waals surface area contributed by atoms with Crippen molar-refractivity contribution in [1.29, 1.82) is 0 Å². The number of rotatable bonds is 5. The topological polar surface area (TPSA) is 83.9 Å². The van der Waals surface area contributed by atoms with Gasteiger partial charge in [-0.25, -0.2) is 12.7 Å². The third-order valence-corrected chi connectivity index (χ3v) is 4.31. The van der Waals surface area contributed by atoms with Crippen LogP contribution in [0.1, 0.15) is 12.8 Å². The molecule has 94 valence electrons. The van der Waals surface area contributed by atoms with Crippen LogP contribution in [0.15, 0.2) is 0 Å². The van der Waals surface area contributed by atoms with Gasteiger partial charge in [0.2, 0.25) is 10.0 Å². The highest BCUT2D eigenvalue weighted by molar-refractivity contribution is 7.89. The lowest BCUT2D eigenvalue weighted by Crippen LogP contribution is -2.43. The first-order valence-corrected chi connectivity index (χ1v) is 6.75. The molecule has 6 nitrogen and oxygen atoms in total. The molecule has 0 bridgehead atoms. The largest absolute Gasteiger partial charge is 0.480 e. The molecule has 7 heteroatoms. The zero-order chi connectivity index (χ0) is 12.2. The Kier molecular flexibility index (Phi) is 4.69. The number of aliphatic carboxylic acids is 1. The molecule has 1 rings (SSSR count). The third kappa shape index (κ3) is 3.73. The number of hydrogen-bond acceptors (Lipinski definition) is 4. The molecule has 0 aliphatic carbocycles. The second-order valence-electron chi connectivity index (χ2n) is 3.97. The summed E-state index contributed by atoms with van der Waals surface area (Å²) in [6.07, 6.45) is 1.68. The predicted molar refractivity (Wildman–Crippen MR) is 57.6 cm³/mol. The van der Waals surface area contributed by atoms with Crippen LogP contribution in [-0.2, 0) is 19.6 Å². The first kappa shape index (κ1) is 13.4. The van der Waals surface area contributed by atoms with E-state index in [0.29, 0.717) is 19.7 Å². The van der Waals surface area contributed by atoms with Crippen molar-refractivity contribution in [3.8, 4) is 0 Å². The molecular formula is C9H17NO5S. The van der Waals surface area contributed by atoms with Crippen LogP contribution in [0.5, 0.6) is 0 Å². The van der Waals surface area contributed by atoms with Gasteiger partial charge in [-0.05, 0) is 18.8 Å². The van der Waals surface area contributed by atoms with Crippen LogP contribution < -0.4 is 0 Å². The smallest absolute Gasteiger partial charge is 0.320 e. The molecule has 0 amide bonds. The van der Waals surface area contributed by atoms with Crippen LogP contribution in [0.4, 0.5) is 0 Å². The fraction of sp³-hybridized carbons (Fsp3) is 0.889. The molecule has 0 saturated carbocycles. The highest BCUT2D eigenvalue weighted by atomic mass is 32.2. The molecule has 1 aliphatic heterocycles. The molecule has 1 atom stereocenters. The average Bonchev–Trinajstić information content (AvgIpc) is 2.16. The average molecular weight is 251 g/mol. The Hall–Kier alpha value is -0.660. The second kappa shape index (κ2) is 5.60. The Labute approximate surface area is 95.2 Å². The lowest BCUT2D eigenvalue weighted by molar-refractivity contribution is -0.134. The summed E-state index contributed by atoms with van der Waals surface area (Å²) in [6.45, 7) is 1.29. The van der Waals surface area contributed by atoms with Gasteiger partial charge in [0.1, 0.15) is 0 Å². The number of carboxylic acids is 1. The zero-order valence-electron chi connectivity index (χ0n) is 9.26. The van der Waals surface area contributed by atoms with Gasteiger partial charge in [0, 0.05) is 20.2 Å². The number of sulfonamides is 1. The van der Waals surface area contributed by atoms with Crippen LogP contribution >= 0.6 is 0 Å². The molecular weight excluding hydrogens is 234 g/mol. The molecule has 1 unspecified atom stereocenters. The first-order valence-electron chi connectivity index (χ1n) is 5.14. The van der Waals surface area contributed by atoms with E-state index >= 15 is 0 Å². The molecule has 1 N–H and O–H groups in total. The van der Waals surface area contributed by atoms with Crippen LogP contribution in [0.25, 0.3) is 0 Å². The first-order chi connectivity index (χ1) is 7.45. The Morgan fingerprint density at radius 2 is 2.25 bits per heavy atom. The van der Waals surface area contributed by atoms with E-state index in [1.165, 1.54) is 4.31 Å². The van der Waals surface area contributed by atoms with Gasteiger partial charge < -0.3 is 9.84 Å². The zero-order valence-corrected chi connectivity index (χ0v) is 10.1. The number of methoxy groups -OCH3 is 1. The van der Waals surface area contributed by atoms with Crippen LogP contribution in [0, 0.1) is 5.92 Å². The monoisotopic (exact) mass is 251 g/mol. The van der Waals surface area contributed by atoms with Crippen LogP contribution in [0.3, 0.4) is 0 Å². The SMILES string of the molecule is COCC1CCCN(S(=O)(=O)CC(=O)O)C1. The Bertz CT molecular complexity index is 338. The maximum atomic E-state index is 11.7. The van der Waals surface area contributed by atoms with Crippen LogP contribution in [-0.4, -0.2) is 56.4 Å². The van der Waals surface area contributed by atoms with E-state index in [2.05, 4.69) is 0 Å². The number of hydrogen-bond donors (Lipinski definition) is 1. The van der Waals surface area contributed by atoms with Crippen molar-refractivity contribution in [2.24, 2.45) is 5.92 Å². The van der Waals surface area contributed by atoms with E-state index < -0.39 is 21.7 Å².